The summed E-state index contributed by atoms with van der Waals surface area (Å²) in [5.74, 6) is 1.54. The van der Waals surface area contributed by atoms with Gasteiger partial charge in [0, 0.05) is 36.3 Å². The maximum absolute atomic E-state index is 5.88. The molecule has 19 heavy (non-hydrogen) atoms. The first kappa shape index (κ1) is 12.4. The summed E-state index contributed by atoms with van der Waals surface area (Å²) in [4.78, 5) is 6.75. The van der Waals surface area contributed by atoms with Crippen molar-refractivity contribution in [3.05, 3.63) is 29.3 Å². The van der Waals surface area contributed by atoms with Crippen LogP contribution < -0.4 is 10.2 Å². The van der Waals surface area contributed by atoms with Gasteiger partial charge in [-0.3, -0.25) is 5.10 Å². The molecule has 0 saturated carbocycles. The van der Waals surface area contributed by atoms with Gasteiger partial charge >= 0.3 is 0 Å². The second-order valence-electron chi connectivity index (χ2n) is 4.79. The van der Waals surface area contributed by atoms with Crippen LogP contribution in [0.4, 0.5) is 5.95 Å². The fourth-order valence-corrected chi connectivity index (χ4v) is 2.37. The normalized spacial score (nSPS) is 19.7. The molecule has 1 atom stereocenters. The number of aromatic amines is 1. The molecule has 2 aromatic rings. The molecular weight excluding hydrogens is 262 g/mol. The standard InChI is InChI=1S/C13H16ClN5/c1-9-8-19(7-6-15-9)13-16-12(17-18-13)10-2-4-11(14)5-3-10/h2-5,9,15H,6-8H2,1H3,(H,16,17,18). The predicted octanol–water partition coefficient (Wildman–Crippen LogP) is 1.92. The van der Waals surface area contributed by atoms with Gasteiger partial charge in [0.2, 0.25) is 5.95 Å². The third kappa shape index (κ3) is 2.72. The largest absolute Gasteiger partial charge is 0.337 e. The highest BCUT2D eigenvalue weighted by Gasteiger charge is 2.19. The van der Waals surface area contributed by atoms with Crippen LogP contribution in [0.2, 0.25) is 5.02 Å². The van der Waals surface area contributed by atoms with E-state index in [4.69, 9.17) is 11.6 Å². The molecule has 1 saturated heterocycles. The lowest BCUT2D eigenvalue weighted by Gasteiger charge is -2.30. The van der Waals surface area contributed by atoms with E-state index in [0.717, 1.165) is 42.0 Å². The van der Waals surface area contributed by atoms with Gasteiger partial charge in [-0.1, -0.05) is 11.6 Å². The zero-order valence-electron chi connectivity index (χ0n) is 10.7. The minimum Gasteiger partial charge on any atom is -0.337 e. The predicted molar refractivity (Wildman–Crippen MR) is 76.5 cm³/mol. The quantitative estimate of drug-likeness (QED) is 0.881. The number of anilines is 1. The van der Waals surface area contributed by atoms with E-state index in [0.29, 0.717) is 6.04 Å². The number of hydrogen-bond acceptors (Lipinski definition) is 4. The average molecular weight is 278 g/mol. The number of piperazine rings is 1. The van der Waals surface area contributed by atoms with E-state index in [1.165, 1.54) is 0 Å². The fraction of sp³-hybridized carbons (Fsp3) is 0.385. The Balaban J connectivity index is 1.81. The van der Waals surface area contributed by atoms with Crippen molar-refractivity contribution >= 4 is 17.5 Å². The summed E-state index contributed by atoms with van der Waals surface area (Å²) >= 11 is 5.88. The maximum atomic E-state index is 5.88. The Morgan fingerprint density at radius 3 is 2.84 bits per heavy atom. The second-order valence-corrected chi connectivity index (χ2v) is 5.23. The average Bonchev–Trinajstić information content (AvgIpc) is 2.89. The van der Waals surface area contributed by atoms with Crippen molar-refractivity contribution in [2.75, 3.05) is 24.5 Å². The van der Waals surface area contributed by atoms with Crippen LogP contribution in [0, 0.1) is 0 Å². The first-order chi connectivity index (χ1) is 9.22. The van der Waals surface area contributed by atoms with Crippen LogP contribution in [0.15, 0.2) is 24.3 Å². The SMILES string of the molecule is CC1CN(c2n[nH]c(-c3ccc(Cl)cc3)n2)CCN1. The van der Waals surface area contributed by atoms with Crippen LogP contribution >= 0.6 is 11.6 Å². The van der Waals surface area contributed by atoms with E-state index in [1.807, 2.05) is 24.3 Å². The minimum atomic E-state index is 0.464. The molecule has 3 rings (SSSR count). The van der Waals surface area contributed by atoms with E-state index >= 15 is 0 Å². The lowest BCUT2D eigenvalue weighted by molar-refractivity contribution is 0.480. The number of aromatic nitrogens is 3. The number of nitrogens with zero attached hydrogens (tertiary/aromatic N) is 3. The van der Waals surface area contributed by atoms with Crippen molar-refractivity contribution < 1.29 is 0 Å². The van der Waals surface area contributed by atoms with Crippen LogP contribution in [0.5, 0.6) is 0 Å². The molecule has 1 fully saturated rings. The van der Waals surface area contributed by atoms with Gasteiger partial charge in [0.25, 0.3) is 0 Å². The summed E-state index contributed by atoms with van der Waals surface area (Å²) in [7, 11) is 0. The summed E-state index contributed by atoms with van der Waals surface area (Å²) in [5.41, 5.74) is 0.992. The molecule has 100 valence electrons. The van der Waals surface area contributed by atoms with Crippen molar-refractivity contribution in [3.63, 3.8) is 0 Å². The summed E-state index contributed by atoms with van der Waals surface area (Å²) in [6.45, 7) is 4.99. The molecule has 1 aliphatic rings. The molecule has 6 heteroatoms. The lowest BCUT2D eigenvalue weighted by Crippen LogP contribution is -2.49. The van der Waals surface area contributed by atoms with Gasteiger partial charge in [-0.05, 0) is 31.2 Å². The highest BCUT2D eigenvalue weighted by atomic mass is 35.5. The fourth-order valence-electron chi connectivity index (χ4n) is 2.25. The molecule has 5 nitrogen and oxygen atoms in total. The van der Waals surface area contributed by atoms with E-state index in [2.05, 4.69) is 32.3 Å². The maximum Gasteiger partial charge on any atom is 0.245 e. The van der Waals surface area contributed by atoms with E-state index in [-0.39, 0.29) is 0 Å². The molecule has 0 radical (unpaired) electrons. The monoisotopic (exact) mass is 277 g/mol. The number of hydrogen-bond donors (Lipinski definition) is 2. The Kier molecular flexibility index (Phi) is 3.40. The first-order valence-corrected chi connectivity index (χ1v) is 6.77. The van der Waals surface area contributed by atoms with Crippen LogP contribution in [-0.2, 0) is 0 Å². The van der Waals surface area contributed by atoms with Crippen LogP contribution in [0.1, 0.15) is 6.92 Å². The van der Waals surface area contributed by atoms with Gasteiger partial charge in [0.05, 0.1) is 0 Å². The van der Waals surface area contributed by atoms with E-state index in [1.54, 1.807) is 0 Å². The number of H-pyrrole nitrogens is 1. The molecule has 0 bridgehead atoms. The highest BCUT2D eigenvalue weighted by molar-refractivity contribution is 6.30. The smallest absolute Gasteiger partial charge is 0.245 e. The van der Waals surface area contributed by atoms with E-state index < -0.39 is 0 Å². The molecule has 1 aliphatic heterocycles. The summed E-state index contributed by atoms with van der Waals surface area (Å²) in [6, 6.07) is 8.05. The summed E-state index contributed by atoms with van der Waals surface area (Å²) < 4.78 is 0. The highest BCUT2D eigenvalue weighted by Crippen LogP contribution is 2.20. The lowest BCUT2D eigenvalue weighted by atomic mass is 10.2. The molecule has 2 N–H and O–H groups in total. The summed E-state index contributed by atoms with van der Waals surface area (Å²) in [5, 5.41) is 11.4. The van der Waals surface area contributed by atoms with Gasteiger partial charge in [-0.2, -0.15) is 4.98 Å². The molecule has 2 heterocycles. The van der Waals surface area contributed by atoms with Gasteiger partial charge in [-0.15, -0.1) is 5.10 Å². The molecule has 0 spiro atoms. The van der Waals surface area contributed by atoms with Crippen LogP contribution in [-0.4, -0.2) is 40.9 Å². The minimum absolute atomic E-state index is 0.464. The molecule has 1 aromatic heterocycles. The van der Waals surface area contributed by atoms with Crippen LogP contribution in [0.25, 0.3) is 11.4 Å². The Morgan fingerprint density at radius 2 is 2.11 bits per heavy atom. The molecule has 1 unspecified atom stereocenters. The van der Waals surface area contributed by atoms with Crippen molar-refractivity contribution in [1.29, 1.82) is 0 Å². The number of halogens is 1. The van der Waals surface area contributed by atoms with E-state index in [9.17, 15) is 0 Å². The van der Waals surface area contributed by atoms with Gasteiger partial charge < -0.3 is 10.2 Å². The third-order valence-electron chi connectivity index (χ3n) is 3.24. The Labute approximate surface area is 117 Å². The third-order valence-corrected chi connectivity index (χ3v) is 3.49. The summed E-state index contributed by atoms with van der Waals surface area (Å²) in [6.07, 6.45) is 0. The first-order valence-electron chi connectivity index (χ1n) is 6.39. The molecular formula is C13H16ClN5. The number of benzene rings is 1. The molecule has 0 amide bonds. The number of rotatable bonds is 2. The van der Waals surface area contributed by atoms with Crippen molar-refractivity contribution in [3.8, 4) is 11.4 Å². The zero-order chi connectivity index (χ0) is 13.2. The van der Waals surface area contributed by atoms with Crippen molar-refractivity contribution in [2.45, 2.75) is 13.0 Å². The topological polar surface area (TPSA) is 56.8 Å². The second kappa shape index (κ2) is 5.19. The molecule has 0 aliphatic carbocycles. The van der Waals surface area contributed by atoms with Gasteiger partial charge in [0.1, 0.15) is 0 Å². The number of nitrogens with one attached hydrogen (secondary N) is 2. The van der Waals surface area contributed by atoms with Crippen molar-refractivity contribution in [1.82, 2.24) is 20.5 Å². The zero-order valence-corrected chi connectivity index (χ0v) is 11.5. The molecule has 1 aromatic carbocycles. The Bertz CT molecular complexity index is 550. The Hall–Kier alpha value is -1.59. The van der Waals surface area contributed by atoms with Gasteiger partial charge in [0.15, 0.2) is 5.82 Å². The van der Waals surface area contributed by atoms with Gasteiger partial charge in [-0.25, -0.2) is 0 Å². The van der Waals surface area contributed by atoms with Crippen LogP contribution in [0.3, 0.4) is 0 Å². The Morgan fingerprint density at radius 1 is 1.32 bits per heavy atom. The van der Waals surface area contributed by atoms with Crippen molar-refractivity contribution in [2.24, 2.45) is 0 Å².